The first-order valence-electron chi connectivity index (χ1n) is 7.44. The number of benzene rings is 3. The molecule has 0 aliphatic carbocycles. The fourth-order valence-electron chi connectivity index (χ4n) is 2.38. The molecule has 0 unspecified atom stereocenters. The van der Waals surface area contributed by atoms with Crippen LogP contribution in [0.15, 0.2) is 60.7 Å². The predicted molar refractivity (Wildman–Crippen MR) is 95.4 cm³/mol. The van der Waals surface area contributed by atoms with E-state index in [1.54, 1.807) is 36.4 Å². The van der Waals surface area contributed by atoms with Crippen molar-refractivity contribution in [1.29, 1.82) is 0 Å². The molecule has 0 aromatic heterocycles. The minimum Gasteiger partial charge on any atom is -0.506 e. The Hall–Kier alpha value is -3.67. The molecule has 3 rings (SSSR count). The lowest BCUT2D eigenvalue weighted by molar-refractivity contribution is 0.0735. The number of aromatic hydroxyl groups is 2. The van der Waals surface area contributed by atoms with Crippen LogP contribution in [0, 0.1) is 0 Å². The molecule has 0 atom stereocenters. The predicted octanol–water partition coefficient (Wildman–Crippen LogP) is 3.15. The molecule has 0 spiro atoms. The van der Waals surface area contributed by atoms with Gasteiger partial charge in [-0.2, -0.15) is 0 Å². The molecule has 6 N–H and O–H groups in total. The highest BCUT2D eigenvalue weighted by atomic mass is 16.5. The Morgan fingerprint density at radius 2 is 1.60 bits per heavy atom. The van der Waals surface area contributed by atoms with Crippen LogP contribution >= 0.6 is 0 Å². The zero-order valence-corrected chi connectivity index (χ0v) is 13.1. The van der Waals surface area contributed by atoms with Gasteiger partial charge in [0, 0.05) is 6.07 Å². The SMILES string of the molecule is Nc1cc(OC(=O)c2ccccc2-c2ccc(N)c(O)c2)ccc1O. The normalized spacial score (nSPS) is 10.4. The molecule has 6 heteroatoms. The molecule has 0 saturated heterocycles. The molecule has 25 heavy (non-hydrogen) atoms. The van der Waals surface area contributed by atoms with Crippen LogP contribution in [0.3, 0.4) is 0 Å². The van der Waals surface area contributed by atoms with Crippen molar-refractivity contribution in [2.75, 3.05) is 11.5 Å². The van der Waals surface area contributed by atoms with Crippen LogP contribution in [0.2, 0.25) is 0 Å². The minimum absolute atomic E-state index is 0.0630. The summed E-state index contributed by atoms with van der Waals surface area (Å²) in [6.07, 6.45) is 0. The molecule has 0 saturated carbocycles. The van der Waals surface area contributed by atoms with E-state index in [-0.39, 0.29) is 28.6 Å². The number of nitrogen functional groups attached to an aromatic ring is 2. The number of anilines is 2. The van der Waals surface area contributed by atoms with Crippen molar-refractivity contribution in [2.24, 2.45) is 0 Å². The number of nitrogens with two attached hydrogens (primary N) is 2. The zero-order valence-electron chi connectivity index (χ0n) is 13.1. The van der Waals surface area contributed by atoms with E-state index in [4.69, 9.17) is 16.2 Å². The number of carbonyl (C=O) groups excluding carboxylic acids is 1. The zero-order chi connectivity index (χ0) is 18.0. The number of hydrogen-bond donors (Lipinski definition) is 4. The first-order chi connectivity index (χ1) is 12.0. The molecule has 0 fully saturated rings. The summed E-state index contributed by atoms with van der Waals surface area (Å²) in [5, 5.41) is 19.2. The van der Waals surface area contributed by atoms with E-state index in [9.17, 15) is 15.0 Å². The molecule has 0 aliphatic heterocycles. The fourth-order valence-corrected chi connectivity index (χ4v) is 2.38. The highest BCUT2D eigenvalue weighted by Gasteiger charge is 2.16. The van der Waals surface area contributed by atoms with Crippen LogP contribution in [0.1, 0.15) is 10.4 Å². The van der Waals surface area contributed by atoms with E-state index < -0.39 is 5.97 Å². The summed E-state index contributed by atoms with van der Waals surface area (Å²) in [6.45, 7) is 0. The lowest BCUT2D eigenvalue weighted by Crippen LogP contribution is -2.10. The van der Waals surface area contributed by atoms with Gasteiger partial charge < -0.3 is 26.4 Å². The van der Waals surface area contributed by atoms with Crippen LogP contribution in [-0.2, 0) is 0 Å². The summed E-state index contributed by atoms with van der Waals surface area (Å²) in [4.78, 5) is 12.5. The van der Waals surface area contributed by atoms with E-state index in [0.717, 1.165) is 0 Å². The number of phenols is 2. The van der Waals surface area contributed by atoms with Crippen LogP contribution in [0.5, 0.6) is 17.2 Å². The van der Waals surface area contributed by atoms with Gasteiger partial charge in [0.1, 0.15) is 17.2 Å². The number of ether oxygens (including phenoxy) is 1. The molecular formula is C19H16N2O4. The van der Waals surface area contributed by atoms with Crippen molar-refractivity contribution in [2.45, 2.75) is 0 Å². The Morgan fingerprint density at radius 3 is 2.32 bits per heavy atom. The van der Waals surface area contributed by atoms with Gasteiger partial charge in [-0.05, 0) is 41.5 Å². The average Bonchev–Trinajstić information content (AvgIpc) is 2.60. The molecule has 126 valence electrons. The smallest absolute Gasteiger partial charge is 0.344 e. The highest BCUT2D eigenvalue weighted by molar-refractivity contribution is 5.98. The minimum atomic E-state index is -0.586. The third-order valence-corrected chi connectivity index (χ3v) is 3.70. The summed E-state index contributed by atoms with van der Waals surface area (Å²) in [6, 6.07) is 15.8. The monoisotopic (exact) mass is 336 g/mol. The fraction of sp³-hybridized carbons (Fsp3) is 0. The second-order valence-electron chi connectivity index (χ2n) is 5.43. The topological polar surface area (TPSA) is 119 Å². The lowest BCUT2D eigenvalue weighted by atomic mass is 9.99. The van der Waals surface area contributed by atoms with Gasteiger partial charge in [0.25, 0.3) is 0 Å². The molecule has 0 radical (unpaired) electrons. The Bertz CT molecular complexity index is 954. The van der Waals surface area contributed by atoms with Gasteiger partial charge in [-0.3, -0.25) is 0 Å². The summed E-state index contributed by atoms with van der Waals surface area (Å²) >= 11 is 0. The quantitative estimate of drug-likeness (QED) is 0.252. The molecule has 3 aromatic rings. The summed E-state index contributed by atoms with van der Waals surface area (Å²) < 4.78 is 5.34. The number of phenolic OH excluding ortho intramolecular Hbond substituents is 2. The van der Waals surface area contributed by atoms with Gasteiger partial charge in [0.2, 0.25) is 0 Å². The van der Waals surface area contributed by atoms with Crippen LogP contribution in [-0.4, -0.2) is 16.2 Å². The van der Waals surface area contributed by atoms with Gasteiger partial charge >= 0.3 is 5.97 Å². The van der Waals surface area contributed by atoms with E-state index in [0.29, 0.717) is 16.7 Å². The van der Waals surface area contributed by atoms with Crippen molar-refractivity contribution in [3.8, 4) is 28.4 Å². The second kappa shape index (κ2) is 6.45. The van der Waals surface area contributed by atoms with Crippen LogP contribution < -0.4 is 16.2 Å². The maximum atomic E-state index is 12.5. The summed E-state index contributed by atoms with van der Waals surface area (Å²) in [7, 11) is 0. The van der Waals surface area contributed by atoms with Crippen molar-refractivity contribution < 1.29 is 19.7 Å². The second-order valence-corrected chi connectivity index (χ2v) is 5.43. The van der Waals surface area contributed by atoms with E-state index in [2.05, 4.69) is 0 Å². The number of rotatable bonds is 3. The van der Waals surface area contributed by atoms with Gasteiger partial charge in [-0.25, -0.2) is 4.79 Å². The number of hydrogen-bond acceptors (Lipinski definition) is 6. The Labute approximate surface area is 143 Å². The Kier molecular flexibility index (Phi) is 4.18. The third-order valence-electron chi connectivity index (χ3n) is 3.70. The summed E-state index contributed by atoms with van der Waals surface area (Å²) in [5.41, 5.74) is 13.1. The van der Waals surface area contributed by atoms with E-state index >= 15 is 0 Å². The van der Waals surface area contributed by atoms with E-state index in [1.807, 2.05) is 0 Å². The van der Waals surface area contributed by atoms with Crippen molar-refractivity contribution in [3.63, 3.8) is 0 Å². The number of carbonyl (C=O) groups is 1. The molecule has 0 amide bonds. The van der Waals surface area contributed by atoms with Crippen LogP contribution in [0.25, 0.3) is 11.1 Å². The largest absolute Gasteiger partial charge is 0.506 e. The molecule has 0 bridgehead atoms. The maximum Gasteiger partial charge on any atom is 0.344 e. The first-order valence-corrected chi connectivity index (χ1v) is 7.44. The highest BCUT2D eigenvalue weighted by Crippen LogP contribution is 2.31. The molecule has 0 aliphatic rings. The molecular weight excluding hydrogens is 320 g/mol. The number of esters is 1. The van der Waals surface area contributed by atoms with Crippen molar-refractivity contribution >= 4 is 17.3 Å². The van der Waals surface area contributed by atoms with Gasteiger partial charge in [0.05, 0.1) is 16.9 Å². The van der Waals surface area contributed by atoms with Crippen molar-refractivity contribution in [3.05, 3.63) is 66.2 Å². The lowest BCUT2D eigenvalue weighted by Gasteiger charge is -2.11. The Balaban J connectivity index is 1.95. The van der Waals surface area contributed by atoms with Gasteiger partial charge in [-0.1, -0.05) is 24.3 Å². The van der Waals surface area contributed by atoms with Gasteiger partial charge in [0.15, 0.2) is 0 Å². The van der Waals surface area contributed by atoms with Gasteiger partial charge in [-0.15, -0.1) is 0 Å². The van der Waals surface area contributed by atoms with E-state index in [1.165, 1.54) is 24.3 Å². The van der Waals surface area contributed by atoms with Crippen LogP contribution in [0.4, 0.5) is 11.4 Å². The first kappa shape index (κ1) is 16.2. The average molecular weight is 336 g/mol. The molecule has 3 aromatic carbocycles. The summed E-state index contributed by atoms with van der Waals surface area (Å²) in [5.74, 6) is -0.517. The third kappa shape index (κ3) is 3.32. The Morgan fingerprint density at radius 1 is 0.840 bits per heavy atom. The maximum absolute atomic E-state index is 12.5. The molecule has 0 heterocycles. The van der Waals surface area contributed by atoms with Crippen molar-refractivity contribution in [1.82, 2.24) is 0 Å². The standard InChI is InChI=1S/C19H16N2O4/c20-15-7-5-11(9-18(15)23)13-3-1-2-4-14(13)19(24)25-12-6-8-17(22)16(21)10-12/h1-10,22-23H,20-21H2. The molecule has 6 nitrogen and oxygen atoms in total.